The van der Waals surface area contributed by atoms with Gasteiger partial charge in [0.15, 0.2) is 0 Å². The maximum atomic E-state index is 8.91. The molecule has 0 aromatic heterocycles. The molecule has 0 spiro atoms. The van der Waals surface area contributed by atoms with Gasteiger partial charge in [-0.25, -0.2) is 5.90 Å². The molecule has 1 aliphatic rings. The third-order valence-corrected chi connectivity index (χ3v) is 1.57. The summed E-state index contributed by atoms with van der Waals surface area (Å²) in [7, 11) is 0. The van der Waals surface area contributed by atoms with Crippen LogP contribution in [0.3, 0.4) is 0 Å². The second-order valence-electron chi connectivity index (χ2n) is 2.29. The van der Waals surface area contributed by atoms with Gasteiger partial charge in [-0.2, -0.15) is 0 Å². The lowest BCUT2D eigenvalue weighted by Gasteiger charge is -2.14. The molecule has 0 radical (unpaired) electrons. The molecule has 1 rings (SSSR count). The Morgan fingerprint density at radius 2 is 1.45 bits per heavy atom. The molecule has 1 aliphatic carbocycles. The van der Waals surface area contributed by atoms with Crippen LogP contribution in [0.25, 0.3) is 0 Å². The number of nitrogens with two attached hydrogens (primary N) is 1. The van der Waals surface area contributed by atoms with Crippen LogP contribution in [0.2, 0.25) is 0 Å². The fourth-order valence-electron chi connectivity index (χ4n) is 1.08. The Kier molecular flexibility index (Phi) is 15.4. The van der Waals surface area contributed by atoms with Gasteiger partial charge in [-0.3, -0.25) is 0 Å². The molecule has 3 nitrogen and oxygen atoms in total. The molecular formula is C8H25NO2. The van der Waals surface area contributed by atoms with Gasteiger partial charge >= 0.3 is 0 Å². The van der Waals surface area contributed by atoms with Crippen molar-refractivity contribution in [1.29, 1.82) is 0 Å². The van der Waals surface area contributed by atoms with Gasteiger partial charge in [0.2, 0.25) is 0 Å². The van der Waals surface area contributed by atoms with Crippen molar-refractivity contribution in [2.45, 2.75) is 52.1 Å². The summed E-state index contributed by atoms with van der Waals surface area (Å²) in [6.07, 6.45) is 5.92. The van der Waals surface area contributed by atoms with E-state index in [1.54, 1.807) is 0 Å². The zero-order valence-corrected chi connectivity index (χ0v) is 7.58. The highest BCUT2D eigenvalue weighted by Crippen LogP contribution is 2.16. The highest BCUT2D eigenvalue weighted by Gasteiger charge is 2.07. The van der Waals surface area contributed by atoms with Crippen molar-refractivity contribution >= 4 is 0 Å². The molecule has 0 unspecified atom stereocenters. The summed E-state index contributed by atoms with van der Waals surface area (Å²) in [6.45, 7) is 4.00. The Labute approximate surface area is 72.2 Å². The number of hydrogen-bond acceptors (Lipinski definition) is 3. The lowest BCUT2D eigenvalue weighted by molar-refractivity contribution is 0.130. The monoisotopic (exact) mass is 167 g/mol. The minimum absolute atomic E-state index is 0. The third-order valence-electron chi connectivity index (χ3n) is 1.57. The first-order valence-corrected chi connectivity index (χ1v) is 4.33. The van der Waals surface area contributed by atoms with Crippen molar-refractivity contribution in [3.05, 3.63) is 0 Å². The summed E-state index contributed by atoms with van der Waals surface area (Å²) in [5.74, 6) is 3.50. The predicted molar refractivity (Wildman–Crippen MR) is 50.6 cm³/mol. The van der Waals surface area contributed by atoms with Crippen LogP contribution in [-0.4, -0.2) is 16.4 Å². The first-order valence-electron chi connectivity index (χ1n) is 4.33. The van der Waals surface area contributed by atoms with E-state index < -0.39 is 0 Å². The first-order chi connectivity index (χ1) is 5.39. The van der Waals surface area contributed by atoms with Crippen LogP contribution in [0, 0.1) is 0 Å². The Morgan fingerprint density at radius 1 is 1.09 bits per heavy atom. The summed E-state index contributed by atoms with van der Waals surface area (Å²) in [4.78, 5) is 0. The number of hydrogen-bond donors (Lipinski definition) is 3. The van der Waals surface area contributed by atoms with Crippen molar-refractivity contribution in [3.63, 3.8) is 0 Å². The van der Waals surface area contributed by atoms with Crippen LogP contribution in [0.15, 0.2) is 0 Å². The van der Waals surface area contributed by atoms with Gasteiger partial charge in [0.1, 0.15) is 0 Å². The Morgan fingerprint density at radius 3 is 1.64 bits per heavy atom. The molecule has 0 heterocycles. The first kappa shape index (κ1) is 13.5. The van der Waals surface area contributed by atoms with Gasteiger partial charge in [0.25, 0.3) is 0 Å². The van der Waals surface area contributed by atoms with Crippen LogP contribution >= 0.6 is 0 Å². The van der Waals surface area contributed by atoms with E-state index in [-0.39, 0.29) is 8.96 Å². The molecule has 0 atom stereocenters. The van der Waals surface area contributed by atoms with Crippen molar-refractivity contribution in [1.82, 2.24) is 0 Å². The normalized spacial score (nSPS) is 17.2. The summed E-state index contributed by atoms with van der Waals surface area (Å²) in [5.41, 5.74) is 0. The van der Waals surface area contributed by atoms with E-state index in [4.69, 9.17) is 10.3 Å². The van der Waals surface area contributed by atoms with Crippen LogP contribution < -0.4 is 5.90 Å². The Hall–Kier alpha value is -0.120. The standard InChI is InChI=1S/C6H12O.C2H6.H3NO.2H2/c7-6-4-2-1-3-5-6;2*1-2;;/h6-7H,1-5H2;1-2H3;2H,1H2;2*1H. The number of aliphatic hydroxyl groups excluding tert-OH is 1. The fourth-order valence-corrected chi connectivity index (χ4v) is 1.08. The van der Waals surface area contributed by atoms with E-state index in [0.717, 1.165) is 12.8 Å². The quantitative estimate of drug-likeness (QED) is 0.484. The average Bonchev–Trinajstić information content (AvgIpc) is 2.13. The molecule has 0 saturated heterocycles. The van der Waals surface area contributed by atoms with Gasteiger partial charge in [-0.1, -0.05) is 33.1 Å². The lowest BCUT2D eigenvalue weighted by atomic mass is 9.98. The molecular weight excluding hydrogens is 142 g/mol. The van der Waals surface area contributed by atoms with Crippen LogP contribution in [0.4, 0.5) is 0 Å². The van der Waals surface area contributed by atoms with E-state index in [0.29, 0.717) is 0 Å². The van der Waals surface area contributed by atoms with Crippen molar-refractivity contribution in [3.8, 4) is 0 Å². The topological polar surface area (TPSA) is 66.5 Å². The predicted octanol–water partition coefficient (Wildman–Crippen LogP) is 2.16. The number of rotatable bonds is 0. The van der Waals surface area contributed by atoms with Gasteiger partial charge in [0, 0.05) is 2.85 Å². The largest absolute Gasteiger partial charge is 0.393 e. The van der Waals surface area contributed by atoms with E-state index in [9.17, 15) is 0 Å². The molecule has 0 amide bonds. The van der Waals surface area contributed by atoms with Gasteiger partial charge in [-0.15, -0.1) is 0 Å². The minimum Gasteiger partial charge on any atom is -0.393 e. The zero-order chi connectivity index (χ0) is 9.11. The molecule has 1 fully saturated rings. The summed E-state index contributed by atoms with van der Waals surface area (Å²) < 4.78 is 0. The summed E-state index contributed by atoms with van der Waals surface area (Å²) in [5, 5.41) is 15.4. The fraction of sp³-hybridized carbons (Fsp3) is 1.00. The summed E-state index contributed by atoms with van der Waals surface area (Å²) in [6, 6.07) is 0. The van der Waals surface area contributed by atoms with Gasteiger partial charge in [-0.05, 0) is 12.8 Å². The lowest BCUT2D eigenvalue weighted by Crippen LogP contribution is -2.09. The zero-order valence-electron chi connectivity index (χ0n) is 7.58. The smallest absolute Gasteiger partial charge is 0.0540 e. The molecule has 3 heteroatoms. The van der Waals surface area contributed by atoms with E-state index in [1.807, 2.05) is 13.8 Å². The molecule has 0 aromatic rings. The second kappa shape index (κ2) is 12.5. The number of aliphatic hydroxyl groups is 1. The SMILES string of the molecule is CC.NO.OC1CCCCC1.[HH].[HH]. The van der Waals surface area contributed by atoms with Crippen LogP contribution in [0.5, 0.6) is 0 Å². The van der Waals surface area contributed by atoms with Crippen molar-refractivity contribution in [2.24, 2.45) is 5.90 Å². The Balaban J connectivity index is -0.0000000607. The Bertz CT molecular complexity index is 62.1. The van der Waals surface area contributed by atoms with Crippen molar-refractivity contribution < 1.29 is 13.2 Å². The molecule has 1 saturated carbocycles. The molecule has 4 N–H and O–H groups in total. The van der Waals surface area contributed by atoms with E-state index in [1.165, 1.54) is 19.3 Å². The molecule has 0 aromatic carbocycles. The molecule has 11 heavy (non-hydrogen) atoms. The highest BCUT2D eigenvalue weighted by molar-refractivity contribution is 4.61. The van der Waals surface area contributed by atoms with Crippen LogP contribution in [0.1, 0.15) is 48.8 Å². The highest BCUT2D eigenvalue weighted by atomic mass is 16.4. The minimum atomic E-state index is 0. The average molecular weight is 167 g/mol. The van der Waals surface area contributed by atoms with Gasteiger partial charge in [0.05, 0.1) is 6.10 Å². The van der Waals surface area contributed by atoms with E-state index in [2.05, 4.69) is 5.90 Å². The van der Waals surface area contributed by atoms with Gasteiger partial charge < -0.3 is 10.3 Å². The maximum absolute atomic E-state index is 8.91. The molecule has 0 bridgehead atoms. The van der Waals surface area contributed by atoms with Crippen molar-refractivity contribution in [2.75, 3.05) is 0 Å². The molecule has 0 aliphatic heterocycles. The summed E-state index contributed by atoms with van der Waals surface area (Å²) >= 11 is 0. The second-order valence-corrected chi connectivity index (χ2v) is 2.29. The molecule has 74 valence electrons. The third kappa shape index (κ3) is 9.88. The maximum Gasteiger partial charge on any atom is 0.0540 e. The van der Waals surface area contributed by atoms with E-state index >= 15 is 0 Å². The van der Waals surface area contributed by atoms with Crippen LogP contribution in [-0.2, 0) is 0 Å².